The standard InChI is InChI=1S/C16H16N2O5S/c19-14(13-8-22-4-5-23-13)17-7-10-2-1-3-11(6-10)15-18-12(9-24-15)16(20)21/h1-3,6,9,13H,4-5,7-8H2,(H,17,19)(H,20,21)/t13-/m0/s1. The molecule has 2 aromatic rings. The molecule has 1 aliphatic rings. The Morgan fingerprint density at radius 2 is 2.25 bits per heavy atom. The number of rotatable bonds is 5. The van der Waals surface area contributed by atoms with Crippen LogP contribution in [0.2, 0.25) is 0 Å². The Balaban J connectivity index is 1.64. The smallest absolute Gasteiger partial charge is 0.355 e. The van der Waals surface area contributed by atoms with E-state index in [1.807, 2.05) is 24.3 Å². The van der Waals surface area contributed by atoms with Crippen molar-refractivity contribution in [2.45, 2.75) is 12.6 Å². The van der Waals surface area contributed by atoms with Crippen molar-refractivity contribution in [3.8, 4) is 10.6 Å². The van der Waals surface area contributed by atoms with Gasteiger partial charge in [0.1, 0.15) is 5.01 Å². The number of carbonyl (C=O) groups is 2. The molecule has 0 aliphatic carbocycles. The van der Waals surface area contributed by atoms with E-state index in [4.69, 9.17) is 14.6 Å². The quantitative estimate of drug-likeness (QED) is 0.851. The zero-order valence-corrected chi connectivity index (χ0v) is 13.5. The molecule has 0 saturated carbocycles. The number of hydrogen-bond acceptors (Lipinski definition) is 6. The molecular weight excluding hydrogens is 332 g/mol. The fourth-order valence-electron chi connectivity index (χ4n) is 2.26. The van der Waals surface area contributed by atoms with E-state index in [2.05, 4.69) is 10.3 Å². The maximum Gasteiger partial charge on any atom is 0.355 e. The van der Waals surface area contributed by atoms with E-state index in [1.54, 1.807) is 0 Å². The summed E-state index contributed by atoms with van der Waals surface area (Å²) in [5.74, 6) is -1.25. The summed E-state index contributed by atoms with van der Waals surface area (Å²) < 4.78 is 10.6. The second-order valence-electron chi connectivity index (χ2n) is 5.20. The summed E-state index contributed by atoms with van der Waals surface area (Å²) >= 11 is 1.27. The van der Waals surface area contributed by atoms with Crippen LogP contribution < -0.4 is 5.32 Å². The molecule has 8 heteroatoms. The number of ether oxygens (including phenoxy) is 2. The van der Waals surface area contributed by atoms with E-state index >= 15 is 0 Å². The normalized spacial score (nSPS) is 17.4. The van der Waals surface area contributed by atoms with E-state index in [0.29, 0.717) is 24.8 Å². The first-order chi connectivity index (χ1) is 11.6. The van der Waals surface area contributed by atoms with Crippen LogP contribution in [0.4, 0.5) is 0 Å². The Bertz CT molecular complexity index is 740. The molecule has 7 nitrogen and oxygen atoms in total. The van der Waals surface area contributed by atoms with Gasteiger partial charge in [-0.1, -0.05) is 18.2 Å². The number of carbonyl (C=O) groups excluding carboxylic acids is 1. The van der Waals surface area contributed by atoms with Crippen LogP contribution in [0.3, 0.4) is 0 Å². The highest BCUT2D eigenvalue weighted by Crippen LogP contribution is 2.24. The molecule has 3 rings (SSSR count). The van der Waals surface area contributed by atoms with Crippen LogP contribution in [0, 0.1) is 0 Å². The van der Waals surface area contributed by atoms with Crippen LogP contribution in [-0.4, -0.2) is 47.9 Å². The van der Waals surface area contributed by atoms with E-state index in [0.717, 1.165) is 11.1 Å². The van der Waals surface area contributed by atoms with Crippen molar-refractivity contribution in [2.75, 3.05) is 19.8 Å². The van der Waals surface area contributed by atoms with Crippen molar-refractivity contribution in [3.05, 3.63) is 40.9 Å². The van der Waals surface area contributed by atoms with Gasteiger partial charge in [-0.15, -0.1) is 11.3 Å². The average molecular weight is 348 g/mol. The lowest BCUT2D eigenvalue weighted by Crippen LogP contribution is -2.42. The third-order valence-electron chi connectivity index (χ3n) is 3.47. The Labute approximate surface area is 142 Å². The van der Waals surface area contributed by atoms with Crippen molar-refractivity contribution < 1.29 is 24.2 Å². The number of amides is 1. The average Bonchev–Trinajstić information content (AvgIpc) is 3.11. The van der Waals surface area contributed by atoms with Crippen molar-refractivity contribution >= 4 is 23.2 Å². The Morgan fingerprint density at radius 3 is 2.96 bits per heavy atom. The van der Waals surface area contributed by atoms with Gasteiger partial charge >= 0.3 is 5.97 Å². The highest BCUT2D eigenvalue weighted by atomic mass is 32.1. The highest BCUT2D eigenvalue weighted by molar-refractivity contribution is 7.13. The second-order valence-corrected chi connectivity index (χ2v) is 6.05. The number of nitrogens with zero attached hydrogens (tertiary/aromatic N) is 1. The van der Waals surface area contributed by atoms with Gasteiger partial charge in [0, 0.05) is 17.5 Å². The summed E-state index contributed by atoms with van der Waals surface area (Å²) in [6, 6.07) is 7.46. The summed E-state index contributed by atoms with van der Waals surface area (Å²) in [5.41, 5.74) is 1.74. The van der Waals surface area contributed by atoms with Gasteiger partial charge in [0.05, 0.1) is 19.8 Å². The number of aromatic nitrogens is 1. The molecule has 1 amide bonds. The summed E-state index contributed by atoms with van der Waals surface area (Å²) in [6.07, 6.45) is -0.570. The minimum absolute atomic E-state index is 0.0307. The van der Waals surface area contributed by atoms with E-state index < -0.39 is 12.1 Å². The lowest BCUT2D eigenvalue weighted by molar-refractivity contribution is -0.147. The molecule has 1 saturated heterocycles. The molecule has 0 radical (unpaired) electrons. The molecule has 2 heterocycles. The van der Waals surface area contributed by atoms with Gasteiger partial charge < -0.3 is 19.9 Å². The van der Waals surface area contributed by atoms with Crippen molar-refractivity contribution in [2.24, 2.45) is 0 Å². The predicted molar refractivity (Wildman–Crippen MR) is 86.9 cm³/mol. The predicted octanol–water partition coefficient (Wildman–Crippen LogP) is 1.54. The van der Waals surface area contributed by atoms with E-state index in [1.165, 1.54) is 16.7 Å². The molecule has 24 heavy (non-hydrogen) atoms. The molecule has 1 fully saturated rings. The maximum absolute atomic E-state index is 12.0. The third kappa shape index (κ3) is 3.97. The zero-order valence-electron chi connectivity index (χ0n) is 12.7. The van der Waals surface area contributed by atoms with Gasteiger partial charge in [0.25, 0.3) is 5.91 Å². The summed E-state index contributed by atoms with van der Waals surface area (Å²) in [5, 5.41) is 13.9. The first-order valence-corrected chi connectivity index (χ1v) is 8.26. The van der Waals surface area contributed by atoms with Crippen LogP contribution in [0.1, 0.15) is 16.1 Å². The largest absolute Gasteiger partial charge is 0.476 e. The molecule has 1 aromatic heterocycles. The first kappa shape index (κ1) is 16.6. The zero-order chi connectivity index (χ0) is 16.9. The number of nitrogens with one attached hydrogen (secondary N) is 1. The lowest BCUT2D eigenvalue weighted by atomic mass is 10.1. The van der Waals surface area contributed by atoms with Gasteiger partial charge in [-0.3, -0.25) is 4.79 Å². The minimum atomic E-state index is -1.05. The van der Waals surface area contributed by atoms with Crippen molar-refractivity contribution in [1.82, 2.24) is 10.3 Å². The number of aromatic carboxylic acids is 1. The number of carboxylic acids is 1. The fourth-order valence-corrected chi connectivity index (χ4v) is 3.05. The Morgan fingerprint density at radius 1 is 1.38 bits per heavy atom. The monoisotopic (exact) mass is 348 g/mol. The first-order valence-electron chi connectivity index (χ1n) is 7.38. The minimum Gasteiger partial charge on any atom is -0.476 e. The SMILES string of the molecule is O=C(O)c1csc(-c2cccc(CNC(=O)[C@@H]3COCCO3)c2)n1. The van der Waals surface area contributed by atoms with Crippen LogP contribution in [0.15, 0.2) is 29.6 Å². The maximum atomic E-state index is 12.0. The van der Waals surface area contributed by atoms with Crippen LogP contribution in [0.25, 0.3) is 10.6 Å². The number of thiazole rings is 1. The van der Waals surface area contributed by atoms with E-state index in [-0.39, 0.29) is 18.2 Å². The van der Waals surface area contributed by atoms with E-state index in [9.17, 15) is 9.59 Å². The molecular formula is C16H16N2O5S. The van der Waals surface area contributed by atoms with Crippen LogP contribution in [0.5, 0.6) is 0 Å². The molecule has 0 spiro atoms. The fraction of sp³-hybridized carbons (Fsp3) is 0.312. The number of benzene rings is 1. The molecule has 126 valence electrons. The molecule has 1 aliphatic heterocycles. The molecule has 2 N–H and O–H groups in total. The van der Waals surface area contributed by atoms with Gasteiger partial charge in [-0.2, -0.15) is 0 Å². The Hall–Kier alpha value is -2.29. The highest BCUT2D eigenvalue weighted by Gasteiger charge is 2.22. The number of hydrogen-bond donors (Lipinski definition) is 2. The van der Waals surface area contributed by atoms with Gasteiger partial charge in [-0.25, -0.2) is 9.78 Å². The summed E-state index contributed by atoms with van der Waals surface area (Å²) in [6.45, 7) is 1.55. The van der Waals surface area contributed by atoms with Crippen molar-refractivity contribution in [3.63, 3.8) is 0 Å². The second kappa shape index (κ2) is 7.52. The van der Waals surface area contributed by atoms with Crippen LogP contribution in [-0.2, 0) is 20.8 Å². The molecule has 1 atom stereocenters. The topological polar surface area (TPSA) is 97.8 Å². The third-order valence-corrected chi connectivity index (χ3v) is 4.36. The Kier molecular flexibility index (Phi) is 5.19. The van der Waals surface area contributed by atoms with Gasteiger partial charge in [-0.05, 0) is 11.6 Å². The lowest BCUT2D eigenvalue weighted by Gasteiger charge is -2.22. The molecule has 0 unspecified atom stereocenters. The van der Waals surface area contributed by atoms with Gasteiger partial charge in [0.2, 0.25) is 0 Å². The molecule has 0 bridgehead atoms. The summed E-state index contributed by atoms with van der Waals surface area (Å²) in [7, 11) is 0. The van der Waals surface area contributed by atoms with Gasteiger partial charge in [0.15, 0.2) is 11.8 Å². The van der Waals surface area contributed by atoms with Crippen LogP contribution >= 0.6 is 11.3 Å². The van der Waals surface area contributed by atoms with Crippen molar-refractivity contribution in [1.29, 1.82) is 0 Å². The molecule has 1 aromatic carbocycles. The number of carboxylic acid groups (broad SMARTS) is 1. The summed E-state index contributed by atoms with van der Waals surface area (Å²) in [4.78, 5) is 27.0.